The summed E-state index contributed by atoms with van der Waals surface area (Å²) in [6.45, 7) is 6.87. The zero-order chi connectivity index (χ0) is 11.1. The van der Waals surface area contributed by atoms with Crippen molar-refractivity contribution in [1.29, 1.82) is 5.26 Å². The molecule has 0 aliphatic heterocycles. The van der Waals surface area contributed by atoms with E-state index in [4.69, 9.17) is 5.26 Å². The summed E-state index contributed by atoms with van der Waals surface area (Å²) in [5.74, 6) is 0.105. The molecule has 0 aromatic heterocycles. The Morgan fingerprint density at radius 3 is 2.53 bits per heavy atom. The highest BCUT2D eigenvalue weighted by molar-refractivity contribution is 5.14. The Bertz CT molecular complexity index is 313. The molecule has 0 fully saturated rings. The number of nitrogens with zero attached hydrogens (tertiary/aromatic N) is 2. The summed E-state index contributed by atoms with van der Waals surface area (Å²) in [7, 11) is 0. The third-order valence-electron chi connectivity index (χ3n) is 2.45. The van der Waals surface area contributed by atoms with Gasteiger partial charge in [0.05, 0.1) is 12.0 Å². The van der Waals surface area contributed by atoms with Gasteiger partial charge in [-0.1, -0.05) is 37.3 Å². The fourth-order valence-electron chi connectivity index (χ4n) is 1.58. The van der Waals surface area contributed by atoms with Crippen LogP contribution in [-0.4, -0.2) is 18.0 Å². The van der Waals surface area contributed by atoms with Crippen molar-refractivity contribution in [3.63, 3.8) is 0 Å². The largest absolute Gasteiger partial charge is 0.298 e. The van der Waals surface area contributed by atoms with Crippen molar-refractivity contribution in [2.75, 3.05) is 13.1 Å². The van der Waals surface area contributed by atoms with Gasteiger partial charge in [0.25, 0.3) is 0 Å². The van der Waals surface area contributed by atoms with Crippen LogP contribution in [0.4, 0.5) is 0 Å². The molecule has 0 amide bonds. The van der Waals surface area contributed by atoms with Gasteiger partial charge in [0, 0.05) is 13.1 Å². The van der Waals surface area contributed by atoms with Crippen LogP contribution in [0.1, 0.15) is 19.4 Å². The highest BCUT2D eigenvalue weighted by Gasteiger charge is 2.07. The van der Waals surface area contributed by atoms with Crippen LogP contribution in [0.2, 0.25) is 0 Å². The van der Waals surface area contributed by atoms with E-state index in [9.17, 15) is 0 Å². The van der Waals surface area contributed by atoms with Crippen LogP contribution >= 0.6 is 0 Å². The standard InChI is InChI=1S/C13H18N2/c1-3-15(10-12(2)9-14)11-13-7-5-4-6-8-13/h4-8,12H,3,10-11H2,1-2H3. The normalized spacial score (nSPS) is 12.4. The first kappa shape index (κ1) is 11.7. The summed E-state index contributed by atoms with van der Waals surface area (Å²) in [6.07, 6.45) is 0. The number of nitriles is 1. The van der Waals surface area contributed by atoms with Crippen LogP contribution in [0.5, 0.6) is 0 Å². The maximum absolute atomic E-state index is 8.77. The van der Waals surface area contributed by atoms with Gasteiger partial charge in [0.2, 0.25) is 0 Å². The van der Waals surface area contributed by atoms with Crippen molar-refractivity contribution in [3.8, 4) is 6.07 Å². The Morgan fingerprint density at radius 2 is 2.00 bits per heavy atom. The van der Waals surface area contributed by atoms with Crippen LogP contribution in [0, 0.1) is 17.2 Å². The molecule has 0 aliphatic carbocycles. The predicted molar refractivity (Wildman–Crippen MR) is 62.2 cm³/mol. The third kappa shape index (κ3) is 4.14. The van der Waals surface area contributed by atoms with Crippen LogP contribution in [0.25, 0.3) is 0 Å². The van der Waals surface area contributed by atoms with E-state index < -0.39 is 0 Å². The molecular weight excluding hydrogens is 184 g/mol. The Kier molecular flexibility index (Phi) is 4.86. The minimum absolute atomic E-state index is 0.105. The Morgan fingerprint density at radius 1 is 1.33 bits per heavy atom. The summed E-state index contributed by atoms with van der Waals surface area (Å²) >= 11 is 0. The fourth-order valence-corrected chi connectivity index (χ4v) is 1.58. The van der Waals surface area contributed by atoms with Crippen molar-refractivity contribution in [2.45, 2.75) is 20.4 Å². The lowest BCUT2D eigenvalue weighted by Gasteiger charge is -2.21. The molecule has 1 aromatic carbocycles. The average Bonchev–Trinajstić information content (AvgIpc) is 2.29. The highest BCUT2D eigenvalue weighted by atomic mass is 15.1. The monoisotopic (exact) mass is 202 g/mol. The molecule has 2 heteroatoms. The molecule has 0 bridgehead atoms. The maximum atomic E-state index is 8.77. The minimum Gasteiger partial charge on any atom is -0.298 e. The van der Waals surface area contributed by atoms with Gasteiger partial charge in [0.15, 0.2) is 0 Å². The predicted octanol–water partition coefficient (Wildman–Crippen LogP) is 2.67. The molecular formula is C13H18N2. The highest BCUT2D eigenvalue weighted by Crippen LogP contribution is 2.06. The molecule has 0 aliphatic rings. The first-order chi connectivity index (χ1) is 7.26. The summed E-state index contributed by atoms with van der Waals surface area (Å²) in [4.78, 5) is 2.29. The van der Waals surface area contributed by atoms with E-state index in [-0.39, 0.29) is 5.92 Å². The molecule has 80 valence electrons. The number of hydrogen-bond acceptors (Lipinski definition) is 2. The van der Waals surface area contributed by atoms with Gasteiger partial charge in [-0.15, -0.1) is 0 Å². The van der Waals surface area contributed by atoms with Crippen molar-refractivity contribution < 1.29 is 0 Å². The molecule has 15 heavy (non-hydrogen) atoms. The van der Waals surface area contributed by atoms with E-state index in [1.165, 1.54) is 5.56 Å². The SMILES string of the molecule is CCN(Cc1ccccc1)CC(C)C#N. The number of rotatable bonds is 5. The molecule has 1 aromatic rings. The minimum atomic E-state index is 0.105. The molecule has 2 nitrogen and oxygen atoms in total. The van der Waals surface area contributed by atoms with Gasteiger partial charge in [0.1, 0.15) is 0 Å². The van der Waals surface area contributed by atoms with Crippen molar-refractivity contribution in [3.05, 3.63) is 35.9 Å². The van der Waals surface area contributed by atoms with Gasteiger partial charge in [-0.2, -0.15) is 5.26 Å². The smallest absolute Gasteiger partial charge is 0.0666 e. The van der Waals surface area contributed by atoms with Crippen LogP contribution in [0.3, 0.4) is 0 Å². The number of hydrogen-bond donors (Lipinski definition) is 0. The summed E-state index contributed by atoms with van der Waals surface area (Å²) in [5.41, 5.74) is 1.31. The lowest BCUT2D eigenvalue weighted by Crippen LogP contribution is -2.27. The lowest BCUT2D eigenvalue weighted by atomic mass is 10.1. The van der Waals surface area contributed by atoms with E-state index in [2.05, 4.69) is 42.2 Å². The second kappa shape index (κ2) is 6.21. The molecule has 0 saturated carbocycles. The third-order valence-corrected chi connectivity index (χ3v) is 2.45. The molecule has 0 radical (unpaired) electrons. The Hall–Kier alpha value is -1.33. The summed E-state index contributed by atoms with van der Waals surface area (Å²) in [6, 6.07) is 12.7. The lowest BCUT2D eigenvalue weighted by molar-refractivity contribution is 0.260. The van der Waals surface area contributed by atoms with E-state index in [1.807, 2.05) is 13.0 Å². The zero-order valence-corrected chi connectivity index (χ0v) is 9.48. The topological polar surface area (TPSA) is 27.0 Å². The van der Waals surface area contributed by atoms with Crippen molar-refractivity contribution in [1.82, 2.24) is 4.90 Å². The summed E-state index contributed by atoms with van der Waals surface area (Å²) < 4.78 is 0. The quantitative estimate of drug-likeness (QED) is 0.734. The Balaban J connectivity index is 2.51. The van der Waals surface area contributed by atoms with E-state index >= 15 is 0 Å². The number of benzene rings is 1. The first-order valence-electron chi connectivity index (χ1n) is 5.42. The zero-order valence-electron chi connectivity index (χ0n) is 9.48. The van der Waals surface area contributed by atoms with Crippen molar-refractivity contribution in [2.24, 2.45) is 5.92 Å². The Labute approximate surface area is 92.1 Å². The first-order valence-corrected chi connectivity index (χ1v) is 5.42. The van der Waals surface area contributed by atoms with Crippen LogP contribution < -0.4 is 0 Å². The van der Waals surface area contributed by atoms with Crippen LogP contribution in [-0.2, 0) is 6.54 Å². The van der Waals surface area contributed by atoms with Crippen LogP contribution in [0.15, 0.2) is 30.3 Å². The molecule has 1 rings (SSSR count). The average molecular weight is 202 g/mol. The fraction of sp³-hybridized carbons (Fsp3) is 0.462. The van der Waals surface area contributed by atoms with Gasteiger partial charge < -0.3 is 0 Å². The van der Waals surface area contributed by atoms with Gasteiger partial charge in [-0.25, -0.2) is 0 Å². The van der Waals surface area contributed by atoms with E-state index in [0.29, 0.717) is 0 Å². The second-order valence-corrected chi connectivity index (χ2v) is 3.84. The molecule has 0 saturated heterocycles. The molecule has 1 unspecified atom stereocenters. The summed E-state index contributed by atoms with van der Waals surface area (Å²) in [5, 5.41) is 8.77. The van der Waals surface area contributed by atoms with Crippen molar-refractivity contribution >= 4 is 0 Å². The molecule has 0 spiro atoms. The van der Waals surface area contributed by atoms with E-state index in [1.54, 1.807) is 0 Å². The maximum Gasteiger partial charge on any atom is 0.0666 e. The molecule has 0 heterocycles. The van der Waals surface area contributed by atoms with E-state index in [0.717, 1.165) is 19.6 Å². The second-order valence-electron chi connectivity index (χ2n) is 3.84. The van der Waals surface area contributed by atoms with Gasteiger partial charge in [-0.05, 0) is 19.0 Å². The molecule has 0 N–H and O–H groups in total. The molecule has 1 atom stereocenters. The van der Waals surface area contributed by atoms with Gasteiger partial charge in [-0.3, -0.25) is 4.90 Å². The van der Waals surface area contributed by atoms with Gasteiger partial charge >= 0.3 is 0 Å².